The Morgan fingerprint density at radius 1 is 1.50 bits per heavy atom. The van der Waals surface area contributed by atoms with Gasteiger partial charge in [-0.05, 0) is 24.1 Å². The van der Waals surface area contributed by atoms with Crippen LogP contribution in [-0.4, -0.2) is 40.9 Å². The molecule has 8 heteroatoms. The van der Waals surface area contributed by atoms with Gasteiger partial charge in [0.1, 0.15) is 11.9 Å². The smallest absolute Gasteiger partial charge is 0.326 e. The van der Waals surface area contributed by atoms with Crippen LogP contribution in [0.1, 0.15) is 31.4 Å². The van der Waals surface area contributed by atoms with Crippen LogP contribution in [0.2, 0.25) is 5.02 Å². The molecular formula is C16H18ClFN2O4. The van der Waals surface area contributed by atoms with Gasteiger partial charge in [0.15, 0.2) is 0 Å². The number of aliphatic carboxylic acids is 1. The third-order valence-corrected chi connectivity index (χ3v) is 4.54. The first-order chi connectivity index (χ1) is 11.3. The molecule has 3 unspecified atom stereocenters. The Kier molecular flexibility index (Phi) is 5.43. The van der Waals surface area contributed by atoms with E-state index < -0.39 is 35.7 Å². The molecule has 3 atom stereocenters. The van der Waals surface area contributed by atoms with Gasteiger partial charge in [-0.15, -0.1) is 0 Å². The zero-order valence-electron chi connectivity index (χ0n) is 13.3. The highest BCUT2D eigenvalue weighted by atomic mass is 35.5. The van der Waals surface area contributed by atoms with E-state index in [-0.39, 0.29) is 23.8 Å². The van der Waals surface area contributed by atoms with Crippen molar-refractivity contribution in [3.8, 4) is 0 Å². The molecular weight excluding hydrogens is 339 g/mol. The molecule has 1 aromatic rings. The Bertz CT molecular complexity index is 682. The molecule has 0 bridgehead atoms. The molecule has 0 spiro atoms. The van der Waals surface area contributed by atoms with Gasteiger partial charge in [0, 0.05) is 13.5 Å². The highest BCUT2D eigenvalue weighted by Gasteiger charge is 2.43. The number of carboxylic acids is 1. The minimum atomic E-state index is -1.14. The Morgan fingerprint density at radius 2 is 2.17 bits per heavy atom. The number of nitrogens with one attached hydrogen (secondary N) is 1. The van der Waals surface area contributed by atoms with Gasteiger partial charge in [0.2, 0.25) is 11.8 Å². The van der Waals surface area contributed by atoms with E-state index in [1.165, 1.54) is 24.1 Å². The molecule has 0 radical (unpaired) electrons. The standard InChI is InChI=1S/C16H18ClFN2O4/c1-3-12(16(23)24)19-15(22)9-7-13(21)20(2)14(9)8-4-5-10(17)11(18)6-8/h4-6,9,12,14H,3,7H2,1-2H3,(H,19,22)(H,23,24). The number of halogens is 2. The van der Waals surface area contributed by atoms with Gasteiger partial charge in [-0.3, -0.25) is 9.59 Å². The molecule has 6 nitrogen and oxygen atoms in total. The molecule has 0 saturated carbocycles. The van der Waals surface area contributed by atoms with Gasteiger partial charge >= 0.3 is 5.97 Å². The molecule has 24 heavy (non-hydrogen) atoms. The van der Waals surface area contributed by atoms with E-state index in [4.69, 9.17) is 16.7 Å². The predicted octanol–water partition coefficient (Wildman–Crippen LogP) is 1.98. The second-order valence-corrected chi connectivity index (χ2v) is 6.15. The maximum atomic E-state index is 13.7. The Morgan fingerprint density at radius 3 is 2.71 bits per heavy atom. The highest BCUT2D eigenvalue weighted by Crippen LogP contribution is 2.38. The van der Waals surface area contributed by atoms with Crippen LogP contribution >= 0.6 is 11.6 Å². The second-order valence-electron chi connectivity index (χ2n) is 5.74. The summed E-state index contributed by atoms with van der Waals surface area (Å²) in [6.07, 6.45) is 0.158. The van der Waals surface area contributed by atoms with E-state index in [0.29, 0.717) is 5.56 Å². The molecule has 1 aliphatic heterocycles. The lowest BCUT2D eigenvalue weighted by molar-refractivity contribution is -0.142. The van der Waals surface area contributed by atoms with E-state index in [1.54, 1.807) is 13.0 Å². The van der Waals surface area contributed by atoms with E-state index >= 15 is 0 Å². The number of amides is 2. The monoisotopic (exact) mass is 356 g/mol. The average Bonchev–Trinajstić information content (AvgIpc) is 2.83. The van der Waals surface area contributed by atoms with Crippen LogP contribution in [-0.2, 0) is 14.4 Å². The number of carbonyl (C=O) groups is 3. The summed E-state index contributed by atoms with van der Waals surface area (Å²) in [6, 6.07) is 2.41. The normalized spacial score (nSPS) is 21.7. The molecule has 1 aliphatic rings. The zero-order chi connectivity index (χ0) is 18.0. The molecule has 1 aromatic carbocycles. The average molecular weight is 357 g/mol. The first kappa shape index (κ1) is 18.2. The maximum Gasteiger partial charge on any atom is 0.326 e. The van der Waals surface area contributed by atoms with Crippen molar-refractivity contribution < 1.29 is 23.9 Å². The zero-order valence-corrected chi connectivity index (χ0v) is 14.0. The third kappa shape index (κ3) is 3.51. The van der Waals surface area contributed by atoms with Crippen molar-refractivity contribution in [2.75, 3.05) is 7.05 Å². The predicted molar refractivity (Wildman–Crippen MR) is 84.9 cm³/mol. The number of rotatable bonds is 5. The number of nitrogens with zero attached hydrogens (tertiary/aromatic N) is 1. The maximum absolute atomic E-state index is 13.7. The van der Waals surface area contributed by atoms with Gasteiger partial charge in [0.05, 0.1) is 17.0 Å². The topological polar surface area (TPSA) is 86.7 Å². The summed E-state index contributed by atoms with van der Waals surface area (Å²) in [5.41, 5.74) is 0.439. The minimum absolute atomic E-state index is 0.0522. The van der Waals surface area contributed by atoms with Crippen LogP contribution in [0.15, 0.2) is 18.2 Å². The number of likely N-dealkylation sites (tertiary alicyclic amines) is 1. The van der Waals surface area contributed by atoms with Crippen molar-refractivity contribution in [3.05, 3.63) is 34.6 Å². The summed E-state index contributed by atoms with van der Waals surface area (Å²) < 4.78 is 13.7. The molecule has 2 amide bonds. The number of hydrogen-bond donors (Lipinski definition) is 2. The van der Waals surface area contributed by atoms with Crippen LogP contribution in [0.4, 0.5) is 4.39 Å². The molecule has 2 rings (SSSR count). The fourth-order valence-electron chi connectivity index (χ4n) is 2.87. The number of carbonyl (C=O) groups excluding carboxylic acids is 2. The summed E-state index contributed by atoms with van der Waals surface area (Å²) in [7, 11) is 1.53. The highest BCUT2D eigenvalue weighted by molar-refractivity contribution is 6.30. The molecule has 1 saturated heterocycles. The Hall–Kier alpha value is -2.15. The first-order valence-corrected chi connectivity index (χ1v) is 7.87. The lowest BCUT2D eigenvalue weighted by Crippen LogP contribution is -2.44. The largest absolute Gasteiger partial charge is 0.480 e. The van der Waals surface area contributed by atoms with E-state index in [0.717, 1.165) is 0 Å². The first-order valence-electron chi connectivity index (χ1n) is 7.50. The number of benzene rings is 1. The minimum Gasteiger partial charge on any atom is -0.480 e. The van der Waals surface area contributed by atoms with E-state index in [1.807, 2.05) is 0 Å². The van der Waals surface area contributed by atoms with Crippen molar-refractivity contribution in [1.29, 1.82) is 0 Å². The Labute approximate surface area is 143 Å². The van der Waals surface area contributed by atoms with Crippen molar-refractivity contribution in [3.63, 3.8) is 0 Å². The fourth-order valence-corrected chi connectivity index (χ4v) is 2.99. The fraction of sp³-hybridized carbons (Fsp3) is 0.438. The van der Waals surface area contributed by atoms with Gasteiger partial charge in [0.25, 0.3) is 0 Å². The van der Waals surface area contributed by atoms with Crippen LogP contribution in [0.5, 0.6) is 0 Å². The number of carboxylic acid groups (broad SMARTS) is 1. The van der Waals surface area contributed by atoms with Gasteiger partial charge in [-0.25, -0.2) is 9.18 Å². The molecule has 1 heterocycles. The summed E-state index contributed by atoms with van der Waals surface area (Å²) in [5, 5.41) is 11.4. The van der Waals surface area contributed by atoms with Gasteiger partial charge < -0.3 is 15.3 Å². The molecule has 0 aromatic heterocycles. The van der Waals surface area contributed by atoms with Crippen LogP contribution < -0.4 is 5.32 Å². The number of hydrogen-bond acceptors (Lipinski definition) is 3. The molecule has 0 aliphatic carbocycles. The quantitative estimate of drug-likeness (QED) is 0.844. The summed E-state index contributed by atoms with van der Waals surface area (Å²) >= 11 is 5.67. The van der Waals surface area contributed by atoms with Gasteiger partial charge in [-0.1, -0.05) is 24.6 Å². The molecule has 1 fully saturated rings. The van der Waals surface area contributed by atoms with E-state index in [9.17, 15) is 18.8 Å². The Balaban J connectivity index is 2.29. The SMILES string of the molecule is CCC(NC(=O)C1CC(=O)N(C)C1c1ccc(Cl)c(F)c1)C(=O)O. The third-order valence-electron chi connectivity index (χ3n) is 4.23. The summed E-state index contributed by atoms with van der Waals surface area (Å²) in [6.45, 7) is 1.64. The van der Waals surface area contributed by atoms with Gasteiger partial charge in [-0.2, -0.15) is 0 Å². The van der Waals surface area contributed by atoms with E-state index in [2.05, 4.69) is 5.32 Å². The summed E-state index contributed by atoms with van der Waals surface area (Å²) in [4.78, 5) is 37.0. The molecule has 2 N–H and O–H groups in total. The summed E-state index contributed by atoms with van der Waals surface area (Å²) in [5.74, 6) is -3.38. The van der Waals surface area contributed by atoms with Crippen molar-refractivity contribution in [2.24, 2.45) is 5.92 Å². The lowest BCUT2D eigenvalue weighted by Gasteiger charge is -2.26. The molecule has 130 valence electrons. The van der Waals surface area contributed by atoms with Crippen LogP contribution in [0, 0.1) is 11.7 Å². The van der Waals surface area contributed by atoms with Crippen molar-refractivity contribution in [2.45, 2.75) is 31.8 Å². The van der Waals surface area contributed by atoms with Crippen LogP contribution in [0.3, 0.4) is 0 Å². The lowest BCUT2D eigenvalue weighted by atomic mass is 9.92. The van der Waals surface area contributed by atoms with Crippen LogP contribution in [0.25, 0.3) is 0 Å². The second kappa shape index (κ2) is 7.17. The van der Waals surface area contributed by atoms with Crippen molar-refractivity contribution in [1.82, 2.24) is 10.2 Å². The van der Waals surface area contributed by atoms with Crippen molar-refractivity contribution >= 4 is 29.4 Å².